The van der Waals surface area contributed by atoms with Gasteiger partial charge in [-0.05, 0) is 29.9 Å². The lowest BCUT2D eigenvalue weighted by Gasteiger charge is -2.41. The van der Waals surface area contributed by atoms with Gasteiger partial charge in [0, 0.05) is 18.5 Å². The fourth-order valence-electron chi connectivity index (χ4n) is 3.37. The molecule has 0 radical (unpaired) electrons. The first kappa shape index (κ1) is 15.4. The Morgan fingerprint density at radius 3 is 2.45 bits per heavy atom. The van der Waals surface area contributed by atoms with E-state index in [2.05, 4.69) is 0 Å². The molecule has 3 N–H and O–H groups in total. The lowest BCUT2D eigenvalue weighted by Crippen LogP contribution is -2.41. The number of aliphatic hydroxyl groups excluding tert-OH is 1. The first-order valence-corrected chi connectivity index (χ1v) is 7.31. The van der Waals surface area contributed by atoms with Gasteiger partial charge in [0.15, 0.2) is 0 Å². The Kier molecular flexibility index (Phi) is 4.76. The molecule has 1 fully saturated rings. The van der Waals surface area contributed by atoms with Crippen LogP contribution in [0.5, 0.6) is 0 Å². The number of aliphatic hydroxyl groups is 1. The van der Waals surface area contributed by atoms with E-state index in [0.717, 1.165) is 31.7 Å². The minimum Gasteiger partial charge on any atom is -0.392 e. The second-order valence-corrected chi connectivity index (χ2v) is 6.17. The molecule has 0 heterocycles. The minimum absolute atomic E-state index is 0.152. The summed E-state index contributed by atoms with van der Waals surface area (Å²) >= 11 is 0. The van der Waals surface area contributed by atoms with E-state index in [4.69, 9.17) is 5.73 Å². The van der Waals surface area contributed by atoms with Crippen molar-refractivity contribution in [3.05, 3.63) is 35.4 Å². The van der Waals surface area contributed by atoms with E-state index in [9.17, 15) is 13.9 Å². The number of nitrogens with two attached hydrogens (primary N) is 1. The van der Waals surface area contributed by atoms with E-state index in [1.54, 1.807) is 0 Å². The lowest BCUT2D eigenvalue weighted by atomic mass is 9.67. The van der Waals surface area contributed by atoms with Crippen LogP contribution in [0.1, 0.15) is 50.5 Å². The van der Waals surface area contributed by atoms with Crippen LogP contribution in [0.4, 0.5) is 8.78 Å². The molecular weight excluding hydrogens is 260 g/mol. The van der Waals surface area contributed by atoms with E-state index in [1.165, 1.54) is 18.6 Å². The van der Waals surface area contributed by atoms with Gasteiger partial charge in [0.1, 0.15) is 11.6 Å². The molecule has 2 nitrogen and oxygen atoms in total. The first-order chi connectivity index (χ1) is 9.48. The normalized spacial score (nSPS) is 21.4. The Labute approximate surface area is 119 Å². The maximum atomic E-state index is 13.9. The van der Waals surface area contributed by atoms with Gasteiger partial charge in [0.25, 0.3) is 0 Å². The van der Waals surface area contributed by atoms with E-state index < -0.39 is 23.7 Å². The lowest BCUT2D eigenvalue weighted by molar-refractivity contribution is -0.00818. The summed E-state index contributed by atoms with van der Waals surface area (Å²) in [5, 5.41) is 10.7. The number of halogens is 2. The highest BCUT2D eigenvalue weighted by Crippen LogP contribution is 2.43. The summed E-state index contributed by atoms with van der Waals surface area (Å²) in [5.74, 6) is -1.72. The van der Waals surface area contributed by atoms with Crippen LogP contribution in [0.15, 0.2) is 18.2 Å². The molecule has 0 bridgehead atoms. The Balaban J connectivity index is 2.26. The molecule has 112 valence electrons. The SMILES string of the molecule is CC1(C(O)C(CN)c2ccc(F)cc2F)CCCCC1. The molecule has 20 heavy (non-hydrogen) atoms. The minimum atomic E-state index is -0.701. The van der Waals surface area contributed by atoms with E-state index in [-0.39, 0.29) is 12.0 Å². The summed E-state index contributed by atoms with van der Waals surface area (Å²) in [5.41, 5.74) is 5.84. The molecule has 1 saturated carbocycles. The molecule has 2 atom stereocenters. The van der Waals surface area contributed by atoms with Crippen LogP contribution in [0.3, 0.4) is 0 Å². The van der Waals surface area contributed by atoms with Gasteiger partial charge in [-0.3, -0.25) is 0 Å². The highest BCUT2D eigenvalue weighted by molar-refractivity contribution is 5.25. The summed E-state index contributed by atoms with van der Waals surface area (Å²) in [6.45, 7) is 2.19. The van der Waals surface area contributed by atoms with Crippen LogP contribution in [-0.2, 0) is 0 Å². The summed E-state index contributed by atoms with van der Waals surface area (Å²) < 4.78 is 26.9. The Bertz CT molecular complexity index is 458. The molecule has 0 aromatic heterocycles. The molecule has 1 aliphatic carbocycles. The average Bonchev–Trinajstić information content (AvgIpc) is 2.42. The van der Waals surface area contributed by atoms with Crippen molar-refractivity contribution >= 4 is 0 Å². The standard InChI is InChI=1S/C16H23F2NO/c1-16(7-3-2-4-8-16)15(20)13(10-19)12-6-5-11(17)9-14(12)18/h5-6,9,13,15,20H,2-4,7-8,10,19H2,1H3. The van der Waals surface area contributed by atoms with Crippen LogP contribution < -0.4 is 5.73 Å². The van der Waals surface area contributed by atoms with Crippen LogP contribution in [0.2, 0.25) is 0 Å². The van der Waals surface area contributed by atoms with Gasteiger partial charge in [-0.15, -0.1) is 0 Å². The molecule has 2 rings (SSSR count). The van der Waals surface area contributed by atoms with Crippen LogP contribution in [0, 0.1) is 17.0 Å². The number of benzene rings is 1. The zero-order chi connectivity index (χ0) is 14.8. The van der Waals surface area contributed by atoms with Gasteiger partial charge in [-0.25, -0.2) is 8.78 Å². The number of rotatable bonds is 4. The Morgan fingerprint density at radius 2 is 1.90 bits per heavy atom. The van der Waals surface area contributed by atoms with E-state index in [0.29, 0.717) is 5.56 Å². The maximum Gasteiger partial charge on any atom is 0.129 e. The number of hydrogen-bond acceptors (Lipinski definition) is 2. The monoisotopic (exact) mass is 283 g/mol. The van der Waals surface area contributed by atoms with E-state index in [1.807, 2.05) is 6.92 Å². The van der Waals surface area contributed by atoms with Gasteiger partial charge in [0.05, 0.1) is 6.10 Å². The average molecular weight is 283 g/mol. The maximum absolute atomic E-state index is 13.9. The molecule has 0 spiro atoms. The Morgan fingerprint density at radius 1 is 1.25 bits per heavy atom. The third-order valence-electron chi connectivity index (χ3n) is 4.71. The molecule has 2 unspecified atom stereocenters. The van der Waals surface area contributed by atoms with Gasteiger partial charge < -0.3 is 10.8 Å². The molecule has 1 aliphatic rings. The molecule has 4 heteroatoms. The van der Waals surface area contributed by atoms with Crippen molar-refractivity contribution in [1.29, 1.82) is 0 Å². The predicted octanol–water partition coefficient (Wildman–Crippen LogP) is 3.34. The molecule has 0 saturated heterocycles. The van der Waals surface area contributed by atoms with Crippen molar-refractivity contribution in [3.63, 3.8) is 0 Å². The van der Waals surface area contributed by atoms with Gasteiger partial charge >= 0.3 is 0 Å². The fourth-order valence-corrected chi connectivity index (χ4v) is 3.37. The molecule has 1 aromatic rings. The second-order valence-electron chi connectivity index (χ2n) is 6.17. The number of hydrogen-bond donors (Lipinski definition) is 2. The van der Waals surface area contributed by atoms with Gasteiger partial charge in [0.2, 0.25) is 0 Å². The second kappa shape index (κ2) is 6.19. The van der Waals surface area contributed by atoms with Crippen LogP contribution in [-0.4, -0.2) is 17.8 Å². The van der Waals surface area contributed by atoms with Crippen molar-refractivity contribution < 1.29 is 13.9 Å². The van der Waals surface area contributed by atoms with Crippen molar-refractivity contribution in [2.75, 3.05) is 6.54 Å². The molecule has 0 aliphatic heterocycles. The topological polar surface area (TPSA) is 46.2 Å². The zero-order valence-electron chi connectivity index (χ0n) is 11.9. The summed E-state index contributed by atoms with van der Waals surface area (Å²) in [6, 6.07) is 3.47. The zero-order valence-corrected chi connectivity index (χ0v) is 11.9. The van der Waals surface area contributed by atoms with Crippen molar-refractivity contribution in [2.45, 2.75) is 51.0 Å². The molecule has 1 aromatic carbocycles. The predicted molar refractivity (Wildman–Crippen MR) is 75.4 cm³/mol. The first-order valence-electron chi connectivity index (χ1n) is 7.31. The summed E-state index contributed by atoms with van der Waals surface area (Å²) in [6.07, 6.45) is 4.49. The van der Waals surface area contributed by atoms with Crippen molar-refractivity contribution in [1.82, 2.24) is 0 Å². The van der Waals surface area contributed by atoms with Crippen molar-refractivity contribution in [3.8, 4) is 0 Å². The van der Waals surface area contributed by atoms with Gasteiger partial charge in [-0.1, -0.05) is 32.3 Å². The highest BCUT2D eigenvalue weighted by atomic mass is 19.1. The third kappa shape index (κ3) is 3.01. The smallest absolute Gasteiger partial charge is 0.129 e. The third-order valence-corrected chi connectivity index (χ3v) is 4.71. The van der Waals surface area contributed by atoms with Crippen molar-refractivity contribution in [2.24, 2.45) is 11.1 Å². The van der Waals surface area contributed by atoms with E-state index >= 15 is 0 Å². The Hall–Kier alpha value is -1.00. The summed E-state index contributed by atoms with van der Waals surface area (Å²) in [4.78, 5) is 0. The van der Waals surface area contributed by atoms with Crippen LogP contribution >= 0.6 is 0 Å². The largest absolute Gasteiger partial charge is 0.392 e. The summed E-state index contributed by atoms with van der Waals surface area (Å²) in [7, 11) is 0. The van der Waals surface area contributed by atoms with Crippen LogP contribution in [0.25, 0.3) is 0 Å². The highest BCUT2D eigenvalue weighted by Gasteiger charge is 2.39. The molecule has 0 amide bonds. The fraction of sp³-hybridized carbons (Fsp3) is 0.625. The van der Waals surface area contributed by atoms with Gasteiger partial charge in [-0.2, -0.15) is 0 Å². The molecular formula is C16H23F2NO. The quantitative estimate of drug-likeness (QED) is 0.890.